The van der Waals surface area contributed by atoms with Crippen molar-refractivity contribution < 1.29 is 22.7 Å². The molecule has 0 radical (unpaired) electrons. The topological polar surface area (TPSA) is 96.0 Å². The van der Waals surface area contributed by atoms with Gasteiger partial charge in [0.1, 0.15) is 24.9 Å². The normalized spacial score (nSPS) is 11.9. The number of nitrogens with one attached hydrogen (secondary N) is 1. The van der Waals surface area contributed by atoms with E-state index in [1.807, 2.05) is 74.5 Å². The predicted molar refractivity (Wildman–Crippen MR) is 154 cm³/mol. The van der Waals surface area contributed by atoms with E-state index in [1.165, 1.54) is 4.90 Å². The molecule has 0 aliphatic carbocycles. The van der Waals surface area contributed by atoms with Crippen LogP contribution in [0.2, 0.25) is 0 Å². The lowest BCUT2D eigenvalue weighted by Crippen LogP contribution is -2.53. The molecule has 0 bridgehead atoms. The molecule has 0 fully saturated rings. The molecule has 1 N–H and O–H groups in total. The summed E-state index contributed by atoms with van der Waals surface area (Å²) in [5.74, 6) is -0.125. The number of nitrogens with zero attached hydrogens (tertiary/aromatic N) is 2. The van der Waals surface area contributed by atoms with Gasteiger partial charge in [0, 0.05) is 13.1 Å². The summed E-state index contributed by atoms with van der Waals surface area (Å²) in [4.78, 5) is 28.0. The van der Waals surface area contributed by atoms with Gasteiger partial charge < -0.3 is 15.0 Å². The Morgan fingerprint density at radius 2 is 1.46 bits per heavy atom. The molecule has 9 heteroatoms. The van der Waals surface area contributed by atoms with E-state index in [1.54, 1.807) is 24.3 Å². The minimum Gasteiger partial charge on any atom is -0.489 e. The molecule has 0 saturated carbocycles. The fourth-order valence-corrected chi connectivity index (χ4v) is 5.10. The summed E-state index contributed by atoms with van der Waals surface area (Å²) in [6, 6.07) is 25.3. The first-order chi connectivity index (χ1) is 18.7. The van der Waals surface area contributed by atoms with E-state index in [9.17, 15) is 18.0 Å². The Bertz CT molecular complexity index is 1300. The van der Waals surface area contributed by atoms with Gasteiger partial charge in [-0.2, -0.15) is 0 Å². The van der Waals surface area contributed by atoms with Crippen molar-refractivity contribution in [3.05, 3.63) is 96.1 Å². The van der Waals surface area contributed by atoms with Gasteiger partial charge in [0.2, 0.25) is 21.8 Å². The highest BCUT2D eigenvalue weighted by Crippen LogP contribution is 2.23. The molecule has 39 heavy (non-hydrogen) atoms. The SMILES string of the molecule is CCNC(=O)[C@@H](CC)N(CCc1ccccc1)C(=O)CN(c1ccc(OCc2ccccc2)cc1)S(C)(=O)=O. The molecule has 2 amide bonds. The highest BCUT2D eigenvalue weighted by molar-refractivity contribution is 7.92. The van der Waals surface area contributed by atoms with Crippen molar-refractivity contribution in [1.29, 1.82) is 0 Å². The summed E-state index contributed by atoms with van der Waals surface area (Å²) in [6.45, 7) is 4.33. The summed E-state index contributed by atoms with van der Waals surface area (Å²) in [6.07, 6.45) is 2.00. The van der Waals surface area contributed by atoms with E-state index in [0.29, 0.717) is 37.4 Å². The molecule has 8 nitrogen and oxygen atoms in total. The Morgan fingerprint density at radius 1 is 0.872 bits per heavy atom. The van der Waals surface area contributed by atoms with Crippen molar-refractivity contribution in [2.24, 2.45) is 0 Å². The third-order valence-electron chi connectivity index (χ3n) is 6.27. The molecule has 3 aromatic carbocycles. The Labute approximate surface area is 231 Å². The molecule has 0 spiro atoms. The lowest BCUT2D eigenvalue weighted by atomic mass is 10.1. The first-order valence-corrected chi connectivity index (χ1v) is 14.9. The van der Waals surface area contributed by atoms with Crippen LogP contribution < -0.4 is 14.4 Å². The Kier molecular flexibility index (Phi) is 10.9. The number of ether oxygens (including phenoxy) is 1. The number of carbonyl (C=O) groups is 2. The van der Waals surface area contributed by atoms with Crippen molar-refractivity contribution >= 4 is 27.5 Å². The number of rotatable bonds is 14. The predicted octanol–water partition coefficient (Wildman–Crippen LogP) is 4.02. The Hall–Kier alpha value is -3.85. The fourth-order valence-electron chi connectivity index (χ4n) is 4.25. The van der Waals surface area contributed by atoms with E-state index >= 15 is 0 Å². The van der Waals surface area contributed by atoms with Crippen molar-refractivity contribution in [2.75, 3.05) is 30.2 Å². The van der Waals surface area contributed by atoms with Gasteiger partial charge in [-0.05, 0) is 55.2 Å². The van der Waals surface area contributed by atoms with Gasteiger partial charge in [0.15, 0.2) is 0 Å². The summed E-state index contributed by atoms with van der Waals surface area (Å²) in [5, 5.41) is 2.80. The summed E-state index contributed by atoms with van der Waals surface area (Å²) >= 11 is 0. The van der Waals surface area contributed by atoms with Gasteiger partial charge in [-0.3, -0.25) is 13.9 Å². The van der Waals surface area contributed by atoms with Crippen LogP contribution in [-0.4, -0.2) is 57.1 Å². The van der Waals surface area contributed by atoms with Crippen LogP contribution in [0.15, 0.2) is 84.9 Å². The van der Waals surface area contributed by atoms with Crippen LogP contribution in [0.5, 0.6) is 5.75 Å². The van der Waals surface area contributed by atoms with Gasteiger partial charge in [-0.1, -0.05) is 67.6 Å². The second-order valence-electron chi connectivity index (χ2n) is 9.18. The number of hydrogen-bond donors (Lipinski definition) is 1. The van der Waals surface area contributed by atoms with Crippen LogP contribution in [0, 0.1) is 0 Å². The first-order valence-electron chi connectivity index (χ1n) is 13.1. The zero-order chi connectivity index (χ0) is 28.3. The van der Waals surface area contributed by atoms with Gasteiger partial charge in [-0.15, -0.1) is 0 Å². The number of carbonyl (C=O) groups excluding carboxylic acids is 2. The molecule has 208 valence electrons. The van der Waals surface area contributed by atoms with Crippen LogP contribution in [0.3, 0.4) is 0 Å². The van der Waals surface area contributed by atoms with Crippen molar-refractivity contribution in [1.82, 2.24) is 10.2 Å². The van der Waals surface area contributed by atoms with Gasteiger partial charge in [-0.25, -0.2) is 8.42 Å². The molecule has 0 aliphatic heterocycles. The zero-order valence-corrected chi connectivity index (χ0v) is 23.6. The van der Waals surface area contributed by atoms with Crippen LogP contribution in [-0.2, 0) is 32.6 Å². The Balaban J connectivity index is 1.79. The molecule has 0 aliphatic rings. The van der Waals surface area contributed by atoms with E-state index < -0.39 is 28.5 Å². The second-order valence-corrected chi connectivity index (χ2v) is 11.1. The highest BCUT2D eigenvalue weighted by Gasteiger charge is 2.31. The fraction of sp³-hybridized carbons (Fsp3) is 0.333. The average Bonchev–Trinajstić information content (AvgIpc) is 2.93. The number of amides is 2. The quantitative estimate of drug-likeness (QED) is 0.327. The van der Waals surface area contributed by atoms with E-state index in [-0.39, 0.29) is 12.5 Å². The highest BCUT2D eigenvalue weighted by atomic mass is 32.2. The molecular weight excluding hydrogens is 514 g/mol. The largest absolute Gasteiger partial charge is 0.489 e. The minimum absolute atomic E-state index is 0.257. The molecular formula is C30H37N3O5S. The van der Waals surface area contributed by atoms with Gasteiger partial charge in [0.25, 0.3) is 0 Å². The summed E-state index contributed by atoms with van der Waals surface area (Å²) in [5.41, 5.74) is 2.37. The van der Waals surface area contributed by atoms with Crippen molar-refractivity contribution in [2.45, 2.75) is 39.3 Å². The second kappa shape index (κ2) is 14.3. The van der Waals surface area contributed by atoms with Crippen LogP contribution in [0.25, 0.3) is 0 Å². The van der Waals surface area contributed by atoms with Crippen LogP contribution >= 0.6 is 0 Å². The van der Waals surface area contributed by atoms with E-state index in [4.69, 9.17) is 4.74 Å². The molecule has 0 saturated heterocycles. The molecule has 0 unspecified atom stereocenters. The van der Waals surface area contributed by atoms with Gasteiger partial charge >= 0.3 is 0 Å². The third-order valence-corrected chi connectivity index (χ3v) is 7.41. The number of anilines is 1. The lowest BCUT2D eigenvalue weighted by molar-refractivity contribution is -0.139. The zero-order valence-electron chi connectivity index (χ0n) is 22.7. The maximum atomic E-state index is 13.6. The number of hydrogen-bond acceptors (Lipinski definition) is 5. The van der Waals surface area contributed by atoms with Crippen LogP contribution in [0.4, 0.5) is 5.69 Å². The van der Waals surface area contributed by atoms with Crippen molar-refractivity contribution in [3.63, 3.8) is 0 Å². The maximum absolute atomic E-state index is 13.6. The van der Waals surface area contributed by atoms with Crippen LogP contribution in [0.1, 0.15) is 31.4 Å². The minimum atomic E-state index is -3.80. The smallest absolute Gasteiger partial charge is 0.244 e. The number of likely N-dealkylation sites (N-methyl/N-ethyl adjacent to an activating group) is 1. The standard InChI is InChI=1S/C30H37N3O5S/c1-4-28(30(35)31-5-2)32(21-20-24-12-8-6-9-13-24)29(34)22-33(39(3,36)37)26-16-18-27(19-17-26)38-23-25-14-10-7-11-15-25/h6-19,28H,4-5,20-23H2,1-3H3,(H,31,35)/t28-/m1/s1. The van der Waals surface area contributed by atoms with Gasteiger partial charge in [0.05, 0.1) is 11.9 Å². The molecule has 3 aromatic rings. The summed E-state index contributed by atoms with van der Waals surface area (Å²) in [7, 11) is -3.80. The average molecular weight is 552 g/mol. The van der Waals surface area contributed by atoms with E-state index in [0.717, 1.165) is 21.7 Å². The third kappa shape index (κ3) is 8.85. The lowest BCUT2D eigenvalue weighted by Gasteiger charge is -2.32. The first kappa shape index (κ1) is 29.7. The number of benzene rings is 3. The maximum Gasteiger partial charge on any atom is 0.244 e. The van der Waals surface area contributed by atoms with E-state index in [2.05, 4.69) is 5.32 Å². The molecule has 3 rings (SSSR count). The number of sulfonamides is 1. The Morgan fingerprint density at radius 3 is 2.00 bits per heavy atom. The molecule has 1 atom stereocenters. The van der Waals surface area contributed by atoms with Crippen molar-refractivity contribution in [3.8, 4) is 5.75 Å². The monoisotopic (exact) mass is 551 g/mol. The molecule has 0 aromatic heterocycles. The molecule has 0 heterocycles. The summed E-state index contributed by atoms with van der Waals surface area (Å²) < 4.78 is 32.4.